The lowest BCUT2D eigenvalue weighted by Crippen LogP contribution is -2.66. The van der Waals surface area contributed by atoms with E-state index in [0.717, 1.165) is 75.8 Å². The molecule has 0 N–H and O–H groups in total. The molecule has 5 aliphatic carbocycles. The third kappa shape index (κ3) is 3.99. The van der Waals surface area contributed by atoms with Crippen LogP contribution in [0.2, 0.25) is 0 Å². The summed E-state index contributed by atoms with van der Waals surface area (Å²) in [4.78, 5) is 30.7. The average Bonchev–Trinajstić information content (AvgIpc) is 3.51. The molecule has 1 aliphatic heterocycles. The van der Waals surface area contributed by atoms with E-state index in [1.807, 2.05) is 18.2 Å². The van der Waals surface area contributed by atoms with Crippen molar-refractivity contribution < 1.29 is 18.7 Å². The lowest BCUT2D eigenvalue weighted by Gasteiger charge is -2.71. The van der Waals surface area contributed by atoms with Crippen molar-refractivity contribution in [1.82, 2.24) is 4.90 Å². The lowest BCUT2D eigenvalue weighted by molar-refractivity contribution is -0.184. The van der Waals surface area contributed by atoms with Crippen molar-refractivity contribution in [3.05, 3.63) is 41.4 Å². The number of hydrogen-bond donors (Lipinski definition) is 0. The normalized spacial score (nSPS) is 45.9. The van der Waals surface area contributed by atoms with Gasteiger partial charge < -0.3 is 14.1 Å². The fourth-order valence-electron chi connectivity index (χ4n) is 12.5. The zero-order valence-corrected chi connectivity index (χ0v) is 28.3. The minimum absolute atomic E-state index is 0.0114. The molecular formula is C39H55NO4. The van der Waals surface area contributed by atoms with Gasteiger partial charge in [-0.05, 0) is 121 Å². The van der Waals surface area contributed by atoms with E-state index in [1.165, 1.54) is 0 Å². The third-order valence-corrected chi connectivity index (χ3v) is 15.2. The van der Waals surface area contributed by atoms with Crippen molar-refractivity contribution in [2.24, 2.45) is 56.7 Å². The Balaban J connectivity index is 1.31. The van der Waals surface area contributed by atoms with Gasteiger partial charge in [0.05, 0.1) is 24.9 Å². The molecule has 4 saturated carbocycles. The maximum atomic E-state index is 14.6. The molecule has 5 fully saturated rings. The summed E-state index contributed by atoms with van der Waals surface area (Å²) in [5.74, 6) is 3.73. The molecule has 5 heteroatoms. The molecule has 0 bridgehead atoms. The topological polar surface area (TPSA) is 59.8 Å². The first-order chi connectivity index (χ1) is 20.8. The second-order valence-electron chi connectivity index (χ2n) is 17.1. The molecule has 1 amide bonds. The SMILES string of the molecule is C[C@H]1[C@H]2C3=CC[C@@H]4[C@@]5(C)C/C(=C/c6ccco6)C(=O)C(C)(C)[C@@H]5CC[C@@]4(C)[C@]3(C)CC[C@@]2(C(=O)N2CCOCC2)CC[C@@H]1C. The summed E-state index contributed by atoms with van der Waals surface area (Å²) in [6, 6.07) is 3.86. The van der Waals surface area contributed by atoms with Crippen molar-refractivity contribution >= 4 is 17.8 Å². The van der Waals surface area contributed by atoms with Gasteiger partial charge in [-0.2, -0.15) is 0 Å². The highest BCUT2D eigenvalue weighted by Gasteiger charge is 2.70. The summed E-state index contributed by atoms with van der Waals surface area (Å²) < 4.78 is 11.4. The first kappa shape index (κ1) is 30.5. The fraction of sp³-hybridized carbons (Fsp3) is 0.744. The molecule has 7 rings (SSSR count). The first-order valence-corrected chi connectivity index (χ1v) is 17.7. The highest BCUT2D eigenvalue weighted by molar-refractivity contribution is 6.04. The standard InChI is InChI=1S/C39H55NO4/c1-25-12-15-39(34(42)40-18-21-43-22-19-40)17-16-37(6)29(32(39)26(25)2)10-11-31-36(5)24-27(23-28-9-8-20-44-28)33(41)35(3,4)30(36)13-14-38(31,37)7/h8-10,20,23,25-26,30-32H,11-19,21-22,24H2,1-7H3/b27-23-/t25-,26+,30-,31+,32-,36-,37+,38+,39-/m0/s1. The number of rotatable bonds is 2. The zero-order chi connectivity index (χ0) is 31.3. The highest BCUT2D eigenvalue weighted by atomic mass is 16.5. The summed E-state index contributed by atoms with van der Waals surface area (Å²) in [6.45, 7) is 19.8. The molecule has 2 heterocycles. The van der Waals surface area contributed by atoms with Gasteiger partial charge in [-0.25, -0.2) is 0 Å². The van der Waals surface area contributed by atoms with E-state index in [9.17, 15) is 9.59 Å². The maximum Gasteiger partial charge on any atom is 0.229 e. The molecule has 6 aliphatic rings. The monoisotopic (exact) mass is 601 g/mol. The molecule has 44 heavy (non-hydrogen) atoms. The molecule has 1 aromatic rings. The molecule has 1 aromatic heterocycles. The second-order valence-corrected chi connectivity index (χ2v) is 17.1. The number of morpholine rings is 1. The van der Waals surface area contributed by atoms with Gasteiger partial charge in [0.25, 0.3) is 0 Å². The molecule has 240 valence electrons. The van der Waals surface area contributed by atoms with Crippen molar-refractivity contribution in [1.29, 1.82) is 0 Å². The Kier molecular flexibility index (Phi) is 7.06. The van der Waals surface area contributed by atoms with Crippen LogP contribution in [-0.2, 0) is 14.3 Å². The number of ether oxygens (including phenoxy) is 1. The first-order valence-electron chi connectivity index (χ1n) is 17.7. The predicted molar refractivity (Wildman–Crippen MR) is 173 cm³/mol. The van der Waals surface area contributed by atoms with Crippen LogP contribution in [0.4, 0.5) is 0 Å². The van der Waals surface area contributed by atoms with Gasteiger partial charge >= 0.3 is 0 Å². The number of ketones is 1. The van der Waals surface area contributed by atoms with Crippen molar-refractivity contribution in [3.8, 4) is 0 Å². The Labute approximate surface area is 265 Å². The van der Waals surface area contributed by atoms with Crippen LogP contribution >= 0.6 is 0 Å². The molecule has 0 aromatic carbocycles. The van der Waals surface area contributed by atoms with E-state index < -0.39 is 5.41 Å². The lowest BCUT2D eigenvalue weighted by atomic mass is 9.33. The number of carbonyl (C=O) groups excluding carboxylic acids is 2. The van der Waals surface area contributed by atoms with E-state index in [1.54, 1.807) is 11.8 Å². The fourth-order valence-corrected chi connectivity index (χ4v) is 12.5. The van der Waals surface area contributed by atoms with Crippen LogP contribution in [0, 0.1) is 56.7 Å². The van der Waals surface area contributed by atoms with Crippen LogP contribution in [-0.4, -0.2) is 42.9 Å². The molecule has 0 radical (unpaired) electrons. The average molecular weight is 602 g/mol. The Bertz CT molecular complexity index is 1380. The molecule has 5 nitrogen and oxygen atoms in total. The number of carbonyl (C=O) groups is 2. The zero-order valence-electron chi connectivity index (χ0n) is 28.3. The minimum Gasteiger partial charge on any atom is -0.465 e. The Morgan fingerprint density at radius 1 is 0.977 bits per heavy atom. The number of nitrogens with zero attached hydrogens (tertiary/aromatic N) is 1. The highest BCUT2D eigenvalue weighted by Crippen LogP contribution is 2.76. The quantitative estimate of drug-likeness (QED) is 0.252. The molecular weight excluding hydrogens is 546 g/mol. The van der Waals surface area contributed by atoms with Crippen molar-refractivity contribution in [2.75, 3.05) is 26.3 Å². The second kappa shape index (κ2) is 10.2. The third-order valence-electron chi connectivity index (χ3n) is 15.2. The van der Waals surface area contributed by atoms with E-state index in [2.05, 4.69) is 59.4 Å². The summed E-state index contributed by atoms with van der Waals surface area (Å²) >= 11 is 0. The van der Waals surface area contributed by atoms with Gasteiger partial charge in [-0.1, -0.05) is 60.1 Å². The largest absolute Gasteiger partial charge is 0.465 e. The maximum absolute atomic E-state index is 14.6. The number of allylic oxidation sites excluding steroid dienone is 3. The van der Waals surface area contributed by atoms with Gasteiger partial charge in [0, 0.05) is 18.5 Å². The molecule has 9 atom stereocenters. The molecule has 1 saturated heterocycles. The van der Waals surface area contributed by atoms with Crippen LogP contribution in [0.3, 0.4) is 0 Å². The van der Waals surface area contributed by atoms with Gasteiger partial charge in [-0.3, -0.25) is 9.59 Å². The van der Waals surface area contributed by atoms with Crippen LogP contribution < -0.4 is 0 Å². The van der Waals surface area contributed by atoms with E-state index in [4.69, 9.17) is 9.15 Å². The minimum atomic E-state index is -0.405. The Morgan fingerprint density at radius 3 is 2.43 bits per heavy atom. The van der Waals surface area contributed by atoms with Gasteiger partial charge in [0.2, 0.25) is 5.91 Å². The summed E-state index contributed by atoms with van der Waals surface area (Å²) in [6.07, 6.45) is 14.7. The van der Waals surface area contributed by atoms with Crippen LogP contribution in [0.15, 0.2) is 40.0 Å². The Morgan fingerprint density at radius 2 is 1.73 bits per heavy atom. The summed E-state index contributed by atoms with van der Waals surface area (Å²) in [7, 11) is 0. The van der Waals surface area contributed by atoms with Crippen LogP contribution in [0.5, 0.6) is 0 Å². The van der Waals surface area contributed by atoms with Crippen molar-refractivity contribution in [3.63, 3.8) is 0 Å². The van der Waals surface area contributed by atoms with Gasteiger partial charge in [0.15, 0.2) is 5.78 Å². The van der Waals surface area contributed by atoms with E-state index >= 15 is 0 Å². The number of hydrogen-bond acceptors (Lipinski definition) is 4. The van der Waals surface area contributed by atoms with E-state index in [0.29, 0.717) is 54.5 Å². The van der Waals surface area contributed by atoms with Gasteiger partial charge in [-0.15, -0.1) is 0 Å². The smallest absolute Gasteiger partial charge is 0.229 e. The predicted octanol–water partition coefficient (Wildman–Crippen LogP) is 8.36. The van der Waals surface area contributed by atoms with Gasteiger partial charge in [0.1, 0.15) is 5.76 Å². The van der Waals surface area contributed by atoms with Crippen LogP contribution in [0.1, 0.15) is 106 Å². The van der Waals surface area contributed by atoms with Crippen molar-refractivity contribution in [2.45, 2.75) is 99.8 Å². The Hall–Kier alpha value is -2.14. The number of Topliss-reactive ketones (excluding diaryl/α,β-unsaturated/α-hetero) is 1. The summed E-state index contributed by atoms with van der Waals surface area (Å²) in [5, 5.41) is 0. The number of furan rings is 1. The number of fused-ring (bicyclic) bond motifs is 7. The molecule has 0 unspecified atom stereocenters. The molecule has 0 spiro atoms. The van der Waals surface area contributed by atoms with E-state index in [-0.39, 0.29) is 21.7 Å². The van der Waals surface area contributed by atoms with Crippen LogP contribution in [0.25, 0.3) is 6.08 Å². The summed E-state index contributed by atoms with van der Waals surface area (Å²) in [5.41, 5.74) is 2.03. The number of amides is 1.